The third-order valence-electron chi connectivity index (χ3n) is 3.95. The number of hydrogen-bond acceptors (Lipinski definition) is 4. The summed E-state index contributed by atoms with van der Waals surface area (Å²) in [5.74, 6) is -0.0568. The maximum absolute atomic E-state index is 13.0. The molecule has 25 heavy (non-hydrogen) atoms. The lowest BCUT2D eigenvalue weighted by molar-refractivity contribution is -0.117. The molecular formula is C17H17FN2O4S. The van der Waals surface area contributed by atoms with Gasteiger partial charge in [0.2, 0.25) is 15.9 Å². The molecule has 0 unspecified atom stereocenters. The van der Waals surface area contributed by atoms with E-state index in [2.05, 4.69) is 4.72 Å². The molecule has 0 aliphatic carbocycles. The van der Waals surface area contributed by atoms with Gasteiger partial charge in [-0.05, 0) is 48.5 Å². The van der Waals surface area contributed by atoms with Gasteiger partial charge in [0, 0.05) is 24.7 Å². The van der Waals surface area contributed by atoms with Crippen LogP contribution in [-0.4, -0.2) is 34.0 Å². The predicted molar refractivity (Wildman–Crippen MR) is 90.5 cm³/mol. The van der Waals surface area contributed by atoms with Gasteiger partial charge in [0.25, 0.3) is 0 Å². The Bertz CT molecular complexity index is 867. The summed E-state index contributed by atoms with van der Waals surface area (Å²) in [4.78, 5) is 13.7. The van der Waals surface area contributed by atoms with Crippen LogP contribution in [-0.2, 0) is 14.8 Å². The second-order valence-electron chi connectivity index (χ2n) is 5.68. The van der Waals surface area contributed by atoms with E-state index in [4.69, 9.17) is 4.74 Å². The molecule has 8 heteroatoms. The fourth-order valence-electron chi connectivity index (χ4n) is 2.70. The number of carbonyl (C=O) groups is 1. The molecule has 1 saturated heterocycles. The van der Waals surface area contributed by atoms with E-state index < -0.39 is 21.9 Å². The smallest absolute Gasteiger partial charge is 0.240 e. The summed E-state index contributed by atoms with van der Waals surface area (Å²) in [5.41, 5.74) is 0.539. The van der Waals surface area contributed by atoms with Gasteiger partial charge in [0.1, 0.15) is 11.6 Å². The van der Waals surface area contributed by atoms with Crippen molar-refractivity contribution in [2.75, 3.05) is 18.6 Å². The van der Waals surface area contributed by atoms with Gasteiger partial charge in [-0.2, -0.15) is 0 Å². The number of ether oxygens (including phenoxy) is 1. The van der Waals surface area contributed by atoms with Gasteiger partial charge in [-0.25, -0.2) is 17.5 Å². The van der Waals surface area contributed by atoms with Crippen molar-refractivity contribution in [3.63, 3.8) is 0 Å². The SMILES string of the molecule is COc1ccc(S(=O)(=O)N[C@H]2CC(=O)N(c3ccc(F)cc3)C2)cc1. The highest BCUT2D eigenvalue weighted by molar-refractivity contribution is 7.89. The molecule has 0 aromatic heterocycles. The van der Waals surface area contributed by atoms with Crippen LogP contribution in [0, 0.1) is 5.82 Å². The molecule has 0 radical (unpaired) electrons. The van der Waals surface area contributed by atoms with E-state index in [-0.39, 0.29) is 23.8 Å². The van der Waals surface area contributed by atoms with E-state index in [1.807, 2.05) is 0 Å². The highest BCUT2D eigenvalue weighted by Gasteiger charge is 2.33. The fourth-order valence-corrected chi connectivity index (χ4v) is 3.93. The lowest BCUT2D eigenvalue weighted by atomic mass is 10.3. The van der Waals surface area contributed by atoms with E-state index in [9.17, 15) is 17.6 Å². The molecule has 1 N–H and O–H groups in total. The van der Waals surface area contributed by atoms with E-state index in [0.717, 1.165) is 0 Å². The zero-order valence-corrected chi connectivity index (χ0v) is 14.3. The number of nitrogens with one attached hydrogen (secondary N) is 1. The summed E-state index contributed by atoms with van der Waals surface area (Å²) >= 11 is 0. The van der Waals surface area contributed by atoms with Gasteiger partial charge in [0.05, 0.1) is 12.0 Å². The minimum absolute atomic E-state index is 0.0484. The summed E-state index contributed by atoms with van der Waals surface area (Å²) in [7, 11) is -2.25. The molecule has 3 rings (SSSR count). The first kappa shape index (κ1) is 17.4. The van der Waals surface area contributed by atoms with Crippen molar-refractivity contribution in [2.45, 2.75) is 17.4 Å². The van der Waals surface area contributed by atoms with Crippen molar-refractivity contribution < 1.29 is 22.3 Å². The Morgan fingerprint density at radius 2 is 1.76 bits per heavy atom. The lowest BCUT2D eigenvalue weighted by Gasteiger charge is -2.17. The van der Waals surface area contributed by atoms with Crippen LogP contribution in [0.15, 0.2) is 53.4 Å². The lowest BCUT2D eigenvalue weighted by Crippen LogP contribution is -2.37. The number of amides is 1. The minimum Gasteiger partial charge on any atom is -0.497 e. The number of sulfonamides is 1. The average molecular weight is 364 g/mol. The van der Waals surface area contributed by atoms with Crippen LogP contribution in [0.3, 0.4) is 0 Å². The first-order chi connectivity index (χ1) is 11.9. The van der Waals surface area contributed by atoms with Gasteiger partial charge in [-0.1, -0.05) is 0 Å². The number of benzene rings is 2. The van der Waals surface area contributed by atoms with Crippen LogP contribution in [0.2, 0.25) is 0 Å². The first-order valence-corrected chi connectivity index (χ1v) is 9.10. The Morgan fingerprint density at radius 3 is 2.36 bits per heavy atom. The van der Waals surface area contributed by atoms with Crippen LogP contribution < -0.4 is 14.4 Å². The normalized spacial score (nSPS) is 17.8. The molecular weight excluding hydrogens is 347 g/mol. The first-order valence-electron chi connectivity index (χ1n) is 7.61. The number of hydrogen-bond donors (Lipinski definition) is 1. The van der Waals surface area contributed by atoms with Gasteiger partial charge in [-0.3, -0.25) is 4.79 Å². The summed E-state index contributed by atoms with van der Waals surface area (Å²) in [6.45, 7) is 0.194. The Morgan fingerprint density at radius 1 is 1.12 bits per heavy atom. The molecule has 1 aliphatic rings. The summed E-state index contributed by atoms with van der Waals surface area (Å²) in [6.07, 6.45) is 0.0484. The molecule has 1 amide bonds. The molecule has 1 fully saturated rings. The minimum atomic E-state index is -3.75. The molecule has 2 aromatic rings. The fraction of sp³-hybridized carbons (Fsp3) is 0.235. The molecule has 1 heterocycles. The second-order valence-corrected chi connectivity index (χ2v) is 7.39. The molecule has 1 aliphatic heterocycles. The second kappa shape index (κ2) is 6.81. The highest BCUT2D eigenvalue weighted by Crippen LogP contribution is 2.23. The van der Waals surface area contributed by atoms with E-state index in [0.29, 0.717) is 11.4 Å². The van der Waals surface area contributed by atoms with Crippen LogP contribution in [0.5, 0.6) is 5.75 Å². The van der Waals surface area contributed by atoms with Crippen LogP contribution in [0.1, 0.15) is 6.42 Å². The maximum atomic E-state index is 13.0. The summed E-state index contributed by atoms with van der Waals surface area (Å²) in [6, 6.07) is 10.9. The quantitative estimate of drug-likeness (QED) is 0.880. The largest absolute Gasteiger partial charge is 0.497 e. The molecule has 0 spiro atoms. The number of nitrogens with zero attached hydrogens (tertiary/aromatic N) is 1. The number of halogens is 1. The third-order valence-corrected chi connectivity index (χ3v) is 5.49. The van der Waals surface area contributed by atoms with Gasteiger partial charge >= 0.3 is 0 Å². The standard InChI is InChI=1S/C17H17FN2O4S/c1-24-15-6-8-16(9-7-15)25(22,23)19-13-10-17(21)20(11-13)14-4-2-12(18)3-5-14/h2-9,13,19H,10-11H2,1H3/t13-/m0/s1. The Balaban J connectivity index is 1.72. The number of methoxy groups -OCH3 is 1. The topological polar surface area (TPSA) is 75.7 Å². The van der Waals surface area contributed by atoms with E-state index in [1.165, 1.54) is 48.4 Å². The van der Waals surface area contributed by atoms with Crippen molar-refractivity contribution in [3.8, 4) is 5.75 Å². The number of anilines is 1. The number of carbonyl (C=O) groups excluding carboxylic acids is 1. The average Bonchev–Trinajstić information content (AvgIpc) is 2.95. The van der Waals surface area contributed by atoms with Crippen LogP contribution in [0.4, 0.5) is 10.1 Å². The van der Waals surface area contributed by atoms with Gasteiger partial charge < -0.3 is 9.64 Å². The van der Waals surface area contributed by atoms with Crippen molar-refractivity contribution >= 4 is 21.6 Å². The van der Waals surface area contributed by atoms with Crippen molar-refractivity contribution in [2.24, 2.45) is 0 Å². The monoisotopic (exact) mass is 364 g/mol. The molecule has 132 valence electrons. The molecule has 0 bridgehead atoms. The Labute approximate surface area is 145 Å². The number of rotatable bonds is 5. The summed E-state index contributed by atoms with van der Waals surface area (Å²) < 4.78 is 45.5. The zero-order chi connectivity index (χ0) is 18.0. The molecule has 2 aromatic carbocycles. The molecule has 1 atom stereocenters. The van der Waals surface area contributed by atoms with E-state index in [1.54, 1.807) is 12.1 Å². The van der Waals surface area contributed by atoms with Crippen LogP contribution >= 0.6 is 0 Å². The molecule has 0 saturated carbocycles. The van der Waals surface area contributed by atoms with Gasteiger partial charge in [0.15, 0.2) is 0 Å². The van der Waals surface area contributed by atoms with Crippen molar-refractivity contribution in [1.29, 1.82) is 0 Å². The predicted octanol–water partition coefficient (Wildman–Crippen LogP) is 1.92. The third kappa shape index (κ3) is 3.80. The van der Waals surface area contributed by atoms with Gasteiger partial charge in [-0.15, -0.1) is 0 Å². The van der Waals surface area contributed by atoms with Crippen LogP contribution in [0.25, 0.3) is 0 Å². The highest BCUT2D eigenvalue weighted by atomic mass is 32.2. The maximum Gasteiger partial charge on any atom is 0.240 e. The Hall–Kier alpha value is -2.45. The van der Waals surface area contributed by atoms with Crippen molar-refractivity contribution in [3.05, 3.63) is 54.3 Å². The van der Waals surface area contributed by atoms with E-state index >= 15 is 0 Å². The van der Waals surface area contributed by atoms with Crippen molar-refractivity contribution in [1.82, 2.24) is 4.72 Å². The zero-order valence-electron chi connectivity index (χ0n) is 13.5. The summed E-state index contributed by atoms with van der Waals surface area (Å²) in [5, 5.41) is 0. The molecule has 6 nitrogen and oxygen atoms in total. The Kier molecular flexibility index (Phi) is 4.73.